The second-order valence-electron chi connectivity index (χ2n) is 8.61. The zero-order valence-electron chi connectivity index (χ0n) is 20.9. The van der Waals surface area contributed by atoms with Gasteiger partial charge in [-0.25, -0.2) is 20.0 Å². The molecular formula is C22H29F3N7O5P. The summed E-state index contributed by atoms with van der Waals surface area (Å²) in [6, 6.07) is 5.90. The molecule has 12 nitrogen and oxygen atoms in total. The zero-order valence-corrected chi connectivity index (χ0v) is 21.8. The maximum Gasteiger partial charge on any atom is 0.522 e. The number of nitrogens with one attached hydrogen (secondary N) is 2. The monoisotopic (exact) mass is 559 g/mol. The summed E-state index contributed by atoms with van der Waals surface area (Å²) >= 11 is 0. The highest BCUT2D eigenvalue weighted by Gasteiger charge is 2.37. The number of alkyl halides is 3. The van der Waals surface area contributed by atoms with Crippen molar-refractivity contribution in [1.82, 2.24) is 29.9 Å². The SMILES string of the molecule is CC(C)NC(=O)[C@H](COC(F)(F)F)NP(=O)(CO[C@H](C)Cn1cnc2c(N)ncnc21)Oc1ccccc1. The smallest absolute Gasteiger partial charge is 0.431 e. The largest absolute Gasteiger partial charge is 0.522 e. The van der Waals surface area contributed by atoms with Crippen LogP contribution in [0.25, 0.3) is 11.2 Å². The van der Waals surface area contributed by atoms with Crippen molar-refractivity contribution >= 4 is 30.4 Å². The molecule has 0 saturated heterocycles. The van der Waals surface area contributed by atoms with Crippen LogP contribution in [0, 0.1) is 0 Å². The summed E-state index contributed by atoms with van der Waals surface area (Å²) < 4.78 is 69.1. The highest BCUT2D eigenvalue weighted by atomic mass is 31.2. The molecule has 208 valence electrons. The van der Waals surface area contributed by atoms with Crippen molar-refractivity contribution in [3.05, 3.63) is 43.0 Å². The van der Waals surface area contributed by atoms with E-state index < -0.39 is 50.9 Å². The third-order valence-corrected chi connectivity index (χ3v) is 6.62. The lowest BCUT2D eigenvalue weighted by atomic mass is 10.3. The molecule has 2 heterocycles. The number of halogens is 3. The van der Waals surface area contributed by atoms with E-state index in [0.717, 1.165) is 0 Å². The molecule has 0 radical (unpaired) electrons. The van der Waals surface area contributed by atoms with Crippen molar-refractivity contribution in [3.8, 4) is 5.75 Å². The molecule has 3 rings (SSSR count). The van der Waals surface area contributed by atoms with Gasteiger partial charge in [-0.3, -0.25) is 14.1 Å². The van der Waals surface area contributed by atoms with Gasteiger partial charge in [0.05, 0.1) is 25.6 Å². The van der Waals surface area contributed by atoms with Crippen molar-refractivity contribution in [2.24, 2.45) is 0 Å². The van der Waals surface area contributed by atoms with E-state index in [4.69, 9.17) is 15.0 Å². The Labute approximate surface area is 216 Å². The Balaban J connectivity index is 1.78. The quantitative estimate of drug-likeness (QED) is 0.266. The number of carbonyl (C=O) groups excluding carboxylic acids is 1. The molecule has 3 atom stereocenters. The van der Waals surface area contributed by atoms with Crippen molar-refractivity contribution in [3.63, 3.8) is 0 Å². The molecule has 0 saturated carbocycles. The number of hydrogen-bond acceptors (Lipinski definition) is 9. The van der Waals surface area contributed by atoms with Crippen LogP contribution in [0.1, 0.15) is 20.8 Å². The first-order valence-corrected chi connectivity index (χ1v) is 13.3. The summed E-state index contributed by atoms with van der Waals surface area (Å²) in [5, 5.41) is 4.91. The third-order valence-electron chi connectivity index (χ3n) is 4.92. The lowest BCUT2D eigenvalue weighted by Gasteiger charge is -2.27. The minimum atomic E-state index is -5.01. The molecule has 4 N–H and O–H groups in total. The number of hydrogen-bond donors (Lipinski definition) is 3. The minimum Gasteiger partial charge on any atom is -0.431 e. The number of nitrogens with two attached hydrogens (primary N) is 1. The number of rotatable bonds is 13. The van der Waals surface area contributed by atoms with E-state index in [2.05, 4.69) is 30.1 Å². The molecule has 16 heteroatoms. The highest BCUT2D eigenvalue weighted by Crippen LogP contribution is 2.44. The van der Waals surface area contributed by atoms with Crippen molar-refractivity contribution in [1.29, 1.82) is 0 Å². The number of benzene rings is 1. The Morgan fingerprint density at radius 3 is 2.53 bits per heavy atom. The summed E-state index contributed by atoms with van der Waals surface area (Å²) in [4.78, 5) is 24.8. The molecule has 0 fully saturated rings. The minimum absolute atomic E-state index is 0.159. The first-order valence-electron chi connectivity index (χ1n) is 11.5. The zero-order chi connectivity index (χ0) is 27.9. The maximum atomic E-state index is 13.8. The Morgan fingerprint density at radius 1 is 1.16 bits per heavy atom. The lowest BCUT2D eigenvalue weighted by molar-refractivity contribution is -0.325. The molecule has 0 aliphatic heterocycles. The number of fused-ring (bicyclic) bond motifs is 1. The first-order chi connectivity index (χ1) is 17.8. The topological polar surface area (TPSA) is 156 Å². The molecular weight excluding hydrogens is 530 g/mol. The van der Waals surface area contributed by atoms with Crippen LogP contribution in [-0.4, -0.2) is 62.9 Å². The lowest BCUT2D eigenvalue weighted by Crippen LogP contribution is -2.49. The fourth-order valence-electron chi connectivity index (χ4n) is 3.30. The van der Waals surface area contributed by atoms with Crippen LogP contribution >= 0.6 is 7.52 Å². The van der Waals surface area contributed by atoms with Gasteiger partial charge in [-0.05, 0) is 32.9 Å². The normalized spacial score (nSPS) is 15.2. The van der Waals surface area contributed by atoms with E-state index in [9.17, 15) is 22.5 Å². The van der Waals surface area contributed by atoms with Gasteiger partial charge in [0.15, 0.2) is 11.5 Å². The van der Waals surface area contributed by atoms with E-state index in [1.54, 1.807) is 43.5 Å². The second-order valence-corrected chi connectivity index (χ2v) is 10.7. The van der Waals surface area contributed by atoms with Crippen LogP contribution in [0.3, 0.4) is 0 Å². The average Bonchev–Trinajstić information content (AvgIpc) is 3.24. The molecule has 3 aromatic rings. The van der Waals surface area contributed by atoms with Gasteiger partial charge in [-0.2, -0.15) is 0 Å². The first kappa shape index (κ1) is 29.3. The Bertz CT molecular complexity index is 1260. The molecule has 0 aliphatic carbocycles. The average molecular weight is 559 g/mol. The molecule has 1 aromatic carbocycles. The van der Waals surface area contributed by atoms with Crippen molar-refractivity contribution < 1.29 is 36.5 Å². The van der Waals surface area contributed by atoms with Gasteiger partial charge in [-0.15, -0.1) is 13.2 Å². The molecule has 1 amide bonds. The van der Waals surface area contributed by atoms with Gasteiger partial charge in [0.2, 0.25) is 5.91 Å². The molecule has 1 unspecified atom stereocenters. The summed E-state index contributed by atoms with van der Waals surface area (Å²) in [6.45, 7) is 4.01. The third kappa shape index (κ3) is 8.65. The van der Waals surface area contributed by atoms with E-state index in [-0.39, 0.29) is 18.1 Å². The van der Waals surface area contributed by atoms with Crippen LogP contribution in [0.4, 0.5) is 19.0 Å². The number of ether oxygens (including phenoxy) is 2. The second kappa shape index (κ2) is 12.5. The van der Waals surface area contributed by atoms with Crippen LogP contribution < -0.4 is 20.7 Å². The Morgan fingerprint density at radius 2 is 1.87 bits per heavy atom. The van der Waals surface area contributed by atoms with Gasteiger partial charge >= 0.3 is 13.9 Å². The van der Waals surface area contributed by atoms with Crippen LogP contribution in [-0.2, 0) is 25.4 Å². The van der Waals surface area contributed by atoms with Gasteiger partial charge in [0.1, 0.15) is 30.0 Å². The van der Waals surface area contributed by atoms with E-state index >= 15 is 0 Å². The fraction of sp³-hybridized carbons (Fsp3) is 0.455. The summed E-state index contributed by atoms with van der Waals surface area (Å²) in [6.07, 6.45) is -3.39. The summed E-state index contributed by atoms with van der Waals surface area (Å²) in [7, 11) is -4.13. The Hall–Kier alpha value is -3.26. The van der Waals surface area contributed by atoms with E-state index in [1.807, 2.05) is 0 Å². The van der Waals surface area contributed by atoms with Crippen LogP contribution in [0.2, 0.25) is 0 Å². The van der Waals surface area contributed by atoms with Crippen LogP contribution in [0.15, 0.2) is 43.0 Å². The van der Waals surface area contributed by atoms with E-state index in [1.165, 1.54) is 24.8 Å². The Kier molecular flexibility index (Phi) is 9.66. The predicted molar refractivity (Wildman–Crippen MR) is 132 cm³/mol. The van der Waals surface area contributed by atoms with Gasteiger partial charge in [-0.1, -0.05) is 18.2 Å². The number of nitrogen functional groups attached to an aromatic ring is 1. The molecule has 0 aliphatic rings. The number of amides is 1. The van der Waals surface area contributed by atoms with E-state index in [0.29, 0.717) is 11.2 Å². The highest BCUT2D eigenvalue weighted by molar-refractivity contribution is 7.57. The number of para-hydroxylation sites is 1. The van der Waals surface area contributed by atoms with Gasteiger partial charge < -0.3 is 24.9 Å². The van der Waals surface area contributed by atoms with Crippen molar-refractivity contribution in [2.45, 2.75) is 51.9 Å². The van der Waals surface area contributed by atoms with Crippen LogP contribution in [0.5, 0.6) is 5.75 Å². The van der Waals surface area contributed by atoms with Gasteiger partial charge in [0.25, 0.3) is 0 Å². The number of aromatic nitrogens is 4. The van der Waals surface area contributed by atoms with Crippen molar-refractivity contribution in [2.75, 3.05) is 18.7 Å². The molecule has 2 aromatic heterocycles. The standard InChI is InChI=1S/C22H29F3N7O5P/c1-14(2)30-21(33)17(10-36-22(23,24)25)31-38(34,37-16-7-5-4-6-8-16)13-35-15(3)9-32-12-29-18-19(26)27-11-28-20(18)32/h4-8,11-12,14-15,17H,9-10,13H2,1-3H3,(H,30,33)(H,31,34)(H2,26,27,28)/t15-,17+,38?/m1/s1. The molecule has 0 spiro atoms. The maximum absolute atomic E-state index is 13.8. The molecule has 0 bridgehead atoms. The number of nitrogens with zero attached hydrogens (tertiary/aromatic N) is 4. The summed E-state index contributed by atoms with van der Waals surface area (Å²) in [5.74, 6) is -0.484. The van der Waals surface area contributed by atoms with Gasteiger partial charge in [0, 0.05) is 6.04 Å². The molecule has 38 heavy (non-hydrogen) atoms. The predicted octanol–water partition coefficient (Wildman–Crippen LogP) is 3.06. The fourth-order valence-corrected chi connectivity index (χ4v) is 5.06. The number of anilines is 1. The number of carbonyl (C=O) groups is 1. The number of imidazole rings is 1. The summed E-state index contributed by atoms with van der Waals surface area (Å²) in [5.41, 5.74) is 6.68.